The second-order valence-electron chi connectivity index (χ2n) is 8.28. The number of hydrogen-bond acceptors (Lipinski definition) is 2. The van der Waals surface area contributed by atoms with E-state index < -0.39 is 0 Å². The predicted molar refractivity (Wildman–Crippen MR) is 113 cm³/mol. The third kappa shape index (κ3) is 2.56. The minimum Gasteiger partial charge on any atom is -0.317 e. The third-order valence-corrected chi connectivity index (χ3v) is 6.32. The van der Waals surface area contributed by atoms with Crippen LogP contribution in [0.3, 0.4) is 0 Å². The molecule has 0 amide bonds. The van der Waals surface area contributed by atoms with Crippen LogP contribution in [0.1, 0.15) is 47.1 Å². The van der Waals surface area contributed by atoms with Gasteiger partial charge in [0.1, 0.15) is 0 Å². The van der Waals surface area contributed by atoms with Crippen LogP contribution < -0.4 is 0 Å². The molecule has 0 saturated heterocycles. The number of benzene rings is 1. The molecule has 1 aliphatic heterocycles. The zero-order chi connectivity index (χ0) is 18.7. The van der Waals surface area contributed by atoms with Gasteiger partial charge >= 0.3 is 0 Å². The third-order valence-electron chi connectivity index (χ3n) is 6.32. The molecule has 0 N–H and O–H groups in total. The maximum absolute atomic E-state index is 4.79. The van der Waals surface area contributed by atoms with E-state index in [1.165, 1.54) is 50.3 Å². The van der Waals surface area contributed by atoms with Crippen LogP contribution in [0, 0.1) is 13.8 Å². The van der Waals surface area contributed by atoms with Crippen LogP contribution in [0.5, 0.6) is 0 Å². The molecule has 3 aromatic rings. The number of aromatic nitrogens is 2. The van der Waals surface area contributed by atoms with Crippen LogP contribution in [0.4, 0.5) is 0 Å². The molecular formula is C24H27N3. The maximum Gasteiger partial charge on any atom is 0.0531 e. The minimum absolute atomic E-state index is 1.04. The largest absolute Gasteiger partial charge is 0.317 e. The SMILES string of the molecule is C/C(=C1/CCc2nc(C)ccc21)n1c2c(c3cc(C)ccc31)CN(C)CC2. The summed E-state index contributed by atoms with van der Waals surface area (Å²) in [5.41, 5.74) is 12.3. The van der Waals surface area contributed by atoms with Gasteiger partial charge in [0.05, 0.1) is 5.52 Å². The Kier molecular flexibility index (Phi) is 3.76. The standard InChI is InChI=1S/C24H27N3/c1-15-5-10-23-20(13-15)21-14-26(4)12-11-24(21)27(23)17(3)18-8-9-22-19(18)7-6-16(2)25-22/h5-7,10,13H,8-9,11-12,14H2,1-4H3/b18-17+. The lowest BCUT2D eigenvalue weighted by molar-refractivity contribution is 0.311. The Balaban J connectivity index is 1.77. The fraction of sp³-hybridized carbons (Fsp3) is 0.375. The van der Waals surface area contributed by atoms with Gasteiger partial charge in [-0.15, -0.1) is 0 Å². The number of pyridine rings is 1. The molecule has 0 saturated carbocycles. The van der Waals surface area contributed by atoms with Gasteiger partial charge in [0.15, 0.2) is 0 Å². The molecule has 3 heterocycles. The summed E-state index contributed by atoms with van der Waals surface area (Å²) in [5.74, 6) is 0. The van der Waals surface area contributed by atoms with E-state index in [2.05, 4.69) is 67.6 Å². The summed E-state index contributed by atoms with van der Waals surface area (Å²) >= 11 is 0. The molecule has 138 valence electrons. The van der Waals surface area contributed by atoms with Crippen LogP contribution in [-0.2, 0) is 19.4 Å². The van der Waals surface area contributed by atoms with Crippen molar-refractivity contribution in [2.75, 3.05) is 13.6 Å². The normalized spacial score (nSPS) is 18.7. The molecule has 0 unspecified atom stereocenters. The van der Waals surface area contributed by atoms with Crippen molar-refractivity contribution in [2.45, 2.75) is 46.6 Å². The number of fused-ring (bicyclic) bond motifs is 4. The Bertz CT molecular complexity index is 1100. The number of hydrogen-bond donors (Lipinski definition) is 0. The van der Waals surface area contributed by atoms with Gasteiger partial charge in [-0.3, -0.25) is 4.98 Å². The van der Waals surface area contributed by atoms with E-state index >= 15 is 0 Å². The summed E-state index contributed by atoms with van der Waals surface area (Å²) in [5, 5.41) is 1.43. The summed E-state index contributed by atoms with van der Waals surface area (Å²) in [6, 6.07) is 11.4. The first-order valence-electron chi connectivity index (χ1n) is 10.0. The van der Waals surface area contributed by atoms with Crippen molar-refractivity contribution in [1.29, 1.82) is 0 Å². The van der Waals surface area contributed by atoms with Gasteiger partial charge in [0.25, 0.3) is 0 Å². The van der Waals surface area contributed by atoms with Crippen molar-refractivity contribution >= 4 is 22.2 Å². The fourth-order valence-corrected chi connectivity index (χ4v) is 4.96. The summed E-state index contributed by atoms with van der Waals surface area (Å²) in [7, 11) is 2.23. The molecule has 0 fully saturated rings. The van der Waals surface area contributed by atoms with E-state index in [1.807, 2.05) is 0 Å². The van der Waals surface area contributed by atoms with Gasteiger partial charge in [-0.25, -0.2) is 0 Å². The molecule has 3 heteroatoms. The van der Waals surface area contributed by atoms with Crippen molar-refractivity contribution in [3.05, 3.63) is 64.1 Å². The molecule has 2 aromatic heterocycles. The zero-order valence-electron chi connectivity index (χ0n) is 16.8. The van der Waals surface area contributed by atoms with Gasteiger partial charge in [-0.05, 0) is 70.0 Å². The maximum atomic E-state index is 4.79. The highest BCUT2D eigenvalue weighted by atomic mass is 15.1. The lowest BCUT2D eigenvalue weighted by atomic mass is 10.0. The van der Waals surface area contributed by atoms with Gasteiger partial charge in [0, 0.05) is 53.2 Å². The number of allylic oxidation sites excluding steroid dienone is 2. The fourth-order valence-electron chi connectivity index (χ4n) is 4.96. The van der Waals surface area contributed by atoms with Crippen LogP contribution in [0.15, 0.2) is 30.3 Å². The molecule has 3 nitrogen and oxygen atoms in total. The number of aryl methyl sites for hydroxylation is 3. The first-order chi connectivity index (χ1) is 13.0. The Hall–Kier alpha value is -2.39. The summed E-state index contributed by atoms with van der Waals surface area (Å²) in [4.78, 5) is 7.23. The summed E-state index contributed by atoms with van der Waals surface area (Å²) < 4.78 is 2.56. The van der Waals surface area contributed by atoms with Crippen molar-refractivity contribution < 1.29 is 0 Å². The van der Waals surface area contributed by atoms with Crippen LogP contribution >= 0.6 is 0 Å². The monoisotopic (exact) mass is 357 g/mol. The van der Waals surface area contributed by atoms with Gasteiger partial charge < -0.3 is 9.47 Å². The quantitative estimate of drug-likeness (QED) is 0.613. The highest BCUT2D eigenvalue weighted by Crippen LogP contribution is 2.39. The van der Waals surface area contributed by atoms with Gasteiger partial charge in [-0.1, -0.05) is 17.7 Å². The van der Waals surface area contributed by atoms with E-state index in [0.29, 0.717) is 0 Å². The minimum atomic E-state index is 1.04. The molecule has 0 bridgehead atoms. The molecule has 1 aliphatic carbocycles. The van der Waals surface area contributed by atoms with E-state index in [4.69, 9.17) is 4.98 Å². The highest BCUT2D eigenvalue weighted by Gasteiger charge is 2.26. The molecule has 5 rings (SSSR count). The van der Waals surface area contributed by atoms with Crippen molar-refractivity contribution in [2.24, 2.45) is 0 Å². The van der Waals surface area contributed by atoms with E-state index in [1.54, 1.807) is 0 Å². The van der Waals surface area contributed by atoms with Crippen LogP contribution in [0.2, 0.25) is 0 Å². The molecule has 1 aromatic carbocycles. The average Bonchev–Trinajstić information content (AvgIpc) is 3.19. The molecule has 2 aliphatic rings. The first-order valence-corrected chi connectivity index (χ1v) is 10.0. The van der Waals surface area contributed by atoms with Gasteiger partial charge in [-0.2, -0.15) is 0 Å². The van der Waals surface area contributed by atoms with E-state index in [0.717, 1.165) is 38.0 Å². The predicted octanol–water partition coefficient (Wildman–Crippen LogP) is 4.98. The lowest BCUT2D eigenvalue weighted by Gasteiger charge is -2.25. The number of nitrogens with zero attached hydrogens (tertiary/aromatic N) is 3. The van der Waals surface area contributed by atoms with E-state index in [-0.39, 0.29) is 0 Å². The smallest absolute Gasteiger partial charge is 0.0531 e. The highest BCUT2D eigenvalue weighted by molar-refractivity contribution is 5.94. The average molecular weight is 358 g/mol. The Morgan fingerprint density at radius 1 is 1.04 bits per heavy atom. The molecule has 0 atom stereocenters. The Morgan fingerprint density at radius 2 is 1.89 bits per heavy atom. The van der Waals surface area contributed by atoms with Gasteiger partial charge in [0.2, 0.25) is 0 Å². The van der Waals surface area contributed by atoms with Crippen LogP contribution in [-0.4, -0.2) is 28.0 Å². The Morgan fingerprint density at radius 3 is 2.74 bits per heavy atom. The summed E-state index contributed by atoms with van der Waals surface area (Å²) in [6.45, 7) is 8.76. The zero-order valence-corrected chi connectivity index (χ0v) is 16.8. The van der Waals surface area contributed by atoms with Crippen molar-refractivity contribution in [1.82, 2.24) is 14.5 Å². The molecular weight excluding hydrogens is 330 g/mol. The number of likely N-dealkylation sites (N-methyl/N-ethyl adjacent to an activating group) is 1. The summed E-state index contributed by atoms with van der Waals surface area (Å²) in [6.07, 6.45) is 3.27. The molecule has 0 radical (unpaired) electrons. The van der Waals surface area contributed by atoms with Crippen molar-refractivity contribution in [3.63, 3.8) is 0 Å². The second-order valence-corrected chi connectivity index (χ2v) is 8.28. The van der Waals surface area contributed by atoms with E-state index in [9.17, 15) is 0 Å². The molecule has 0 spiro atoms. The first kappa shape index (κ1) is 16.8. The topological polar surface area (TPSA) is 21.1 Å². The van der Waals surface area contributed by atoms with Crippen molar-refractivity contribution in [3.8, 4) is 0 Å². The number of rotatable bonds is 1. The Labute approximate surface area is 161 Å². The molecule has 27 heavy (non-hydrogen) atoms. The van der Waals surface area contributed by atoms with Crippen LogP contribution in [0.25, 0.3) is 22.2 Å². The lowest BCUT2D eigenvalue weighted by Crippen LogP contribution is -2.27. The second kappa shape index (κ2) is 6.07.